The lowest BCUT2D eigenvalue weighted by atomic mass is 9.92. The number of rotatable bonds is 6. The number of imidazole rings is 1. The van der Waals surface area contributed by atoms with Crippen LogP contribution in [0.15, 0.2) is 78.4 Å². The number of esters is 1. The highest BCUT2D eigenvalue weighted by atomic mass is 16.5. The normalized spacial score (nSPS) is 15.0. The fourth-order valence-electron chi connectivity index (χ4n) is 4.43. The Balaban J connectivity index is 1.83. The van der Waals surface area contributed by atoms with Crippen molar-refractivity contribution in [3.63, 3.8) is 0 Å². The van der Waals surface area contributed by atoms with Crippen molar-refractivity contribution < 1.29 is 19.0 Å². The minimum Gasteiger partial charge on any atom is -0.493 e. The Labute approximate surface area is 197 Å². The molecule has 0 saturated heterocycles. The molecule has 7 nitrogen and oxygen atoms in total. The molecular formula is C27H25N3O4. The molecular weight excluding hydrogens is 430 g/mol. The number of benzene rings is 3. The molecule has 7 heteroatoms. The van der Waals surface area contributed by atoms with Crippen LogP contribution in [0.25, 0.3) is 16.7 Å². The molecule has 1 N–H and O–H groups in total. The number of carbonyl (C=O) groups is 1. The molecule has 1 aromatic heterocycles. The van der Waals surface area contributed by atoms with E-state index in [-0.39, 0.29) is 6.61 Å². The van der Waals surface area contributed by atoms with Crippen molar-refractivity contribution in [2.45, 2.75) is 13.0 Å². The van der Waals surface area contributed by atoms with Crippen molar-refractivity contribution >= 4 is 28.6 Å². The van der Waals surface area contributed by atoms with Gasteiger partial charge in [0.05, 0.1) is 49.2 Å². The molecule has 2 heterocycles. The number of hydrogen-bond donors (Lipinski definition) is 1. The number of methoxy groups -OCH3 is 2. The standard InChI is InChI=1S/C27H25N3O4/c1-4-34-26(31)23-24(17-10-6-5-7-11-17)29-27-28-19-12-8-9-13-20(19)30(27)25(23)18-14-15-21(32-2)22(16-18)33-3/h5-16,25H,4H2,1-3H3,(H,28,29)/t25-/m1/s1. The molecule has 34 heavy (non-hydrogen) atoms. The van der Waals surface area contributed by atoms with Crippen molar-refractivity contribution in [3.8, 4) is 11.5 Å². The van der Waals surface area contributed by atoms with E-state index in [2.05, 4.69) is 5.32 Å². The van der Waals surface area contributed by atoms with Gasteiger partial charge in [0.2, 0.25) is 5.95 Å². The quantitative estimate of drug-likeness (QED) is 0.411. The van der Waals surface area contributed by atoms with Crippen LogP contribution in [0.1, 0.15) is 24.1 Å². The molecule has 0 spiro atoms. The highest BCUT2D eigenvalue weighted by molar-refractivity contribution is 6.03. The molecule has 1 aliphatic heterocycles. The zero-order valence-electron chi connectivity index (χ0n) is 19.2. The van der Waals surface area contributed by atoms with Gasteiger partial charge in [0, 0.05) is 0 Å². The van der Waals surface area contributed by atoms with Gasteiger partial charge >= 0.3 is 5.97 Å². The van der Waals surface area contributed by atoms with E-state index in [4.69, 9.17) is 19.2 Å². The zero-order chi connectivity index (χ0) is 23.7. The van der Waals surface area contributed by atoms with Crippen molar-refractivity contribution in [1.82, 2.24) is 9.55 Å². The molecule has 0 amide bonds. The molecule has 1 aliphatic rings. The van der Waals surface area contributed by atoms with Gasteiger partial charge in [-0.05, 0) is 42.3 Å². The predicted molar refractivity (Wildman–Crippen MR) is 131 cm³/mol. The number of ether oxygens (including phenoxy) is 3. The molecule has 172 valence electrons. The van der Waals surface area contributed by atoms with Gasteiger partial charge in [0.1, 0.15) is 0 Å². The Kier molecular flexibility index (Phi) is 5.67. The number of nitrogens with zero attached hydrogens (tertiary/aromatic N) is 2. The van der Waals surface area contributed by atoms with Gasteiger partial charge < -0.3 is 19.5 Å². The second kappa shape index (κ2) is 8.94. The molecule has 3 aromatic carbocycles. The van der Waals surface area contributed by atoms with Crippen molar-refractivity contribution in [2.24, 2.45) is 0 Å². The van der Waals surface area contributed by atoms with E-state index >= 15 is 0 Å². The number of nitrogens with one attached hydrogen (secondary N) is 1. The maximum absolute atomic E-state index is 13.5. The predicted octanol–water partition coefficient (Wildman–Crippen LogP) is 5.04. The van der Waals surface area contributed by atoms with E-state index < -0.39 is 12.0 Å². The van der Waals surface area contributed by atoms with Crippen LogP contribution in [-0.4, -0.2) is 36.3 Å². The van der Waals surface area contributed by atoms with E-state index in [1.807, 2.05) is 77.4 Å². The maximum Gasteiger partial charge on any atom is 0.338 e. The van der Waals surface area contributed by atoms with E-state index in [1.54, 1.807) is 21.1 Å². The van der Waals surface area contributed by atoms with Crippen LogP contribution >= 0.6 is 0 Å². The Bertz CT molecular complexity index is 1390. The number of anilines is 1. The van der Waals surface area contributed by atoms with E-state index in [1.165, 1.54) is 0 Å². The third kappa shape index (κ3) is 3.55. The number of fused-ring (bicyclic) bond motifs is 3. The first-order chi connectivity index (χ1) is 16.7. The fraction of sp³-hybridized carbons (Fsp3) is 0.185. The maximum atomic E-state index is 13.5. The summed E-state index contributed by atoms with van der Waals surface area (Å²) < 4.78 is 18.6. The zero-order valence-corrected chi connectivity index (χ0v) is 19.2. The third-order valence-corrected chi connectivity index (χ3v) is 5.91. The summed E-state index contributed by atoms with van der Waals surface area (Å²) in [5.74, 6) is 1.44. The van der Waals surface area contributed by atoms with Crippen molar-refractivity contribution in [2.75, 3.05) is 26.1 Å². The Morgan fingerprint density at radius 3 is 2.44 bits per heavy atom. The summed E-state index contributed by atoms with van der Waals surface area (Å²) >= 11 is 0. The smallest absolute Gasteiger partial charge is 0.338 e. The summed E-state index contributed by atoms with van der Waals surface area (Å²) in [6.07, 6.45) is 0. The molecule has 0 fully saturated rings. The number of aromatic nitrogens is 2. The Morgan fingerprint density at radius 1 is 0.971 bits per heavy atom. The first-order valence-electron chi connectivity index (χ1n) is 11.1. The molecule has 0 radical (unpaired) electrons. The Hall–Kier alpha value is -4.26. The summed E-state index contributed by atoms with van der Waals surface area (Å²) in [6, 6.07) is 22.8. The molecule has 0 bridgehead atoms. The average molecular weight is 456 g/mol. The van der Waals surface area contributed by atoms with Gasteiger partial charge in [-0.1, -0.05) is 48.5 Å². The molecule has 0 saturated carbocycles. The lowest BCUT2D eigenvalue weighted by molar-refractivity contribution is -0.138. The van der Waals surface area contributed by atoms with Crippen LogP contribution < -0.4 is 14.8 Å². The van der Waals surface area contributed by atoms with Gasteiger partial charge in [-0.25, -0.2) is 9.78 Å². The van der Waals surface area contributed by atoms with Gasteiger partial charge in [-0.2, -0.15) is 0 Å². The lowest BCUT2D eigenvalue weighted by Crippen LogP contribution is -2.29. The summed E-state index contributed by atoms with van der Waals surface area (Å²) in [5, 5.41) is 3.42. The minimum absolute atomic E-state index is 0.264. The summed E-state index contributed by atoms with van der Waals surface area (Å²) in [5.41, 5.74) is 4.61. The van der Waals surface area contributed by atoms with Gasteiger partial charge in [-0.15, -0.1) is 0 Å². The Morgan fingerprint density at radius 2 is 1.71 bits per heavy atom. The molecule has 1 atom stereocenters. The topological polar surface area (TPSA) is 74.6 Å². The van der Waals surface area contributed by atoms with E-state index in [0.29, 0.717) is 28.7 Å². The van der Waals surface area contributed by atoms with Gasteiger partial charge in [-0.3, -0.25) is 4.57 Å². The first kappa shape index (κ1) is 21.6. The second-order valence-corrected chi connectivity index (χ2v) is 7.81. The van der Waals surface area contributed by atoms with Crippen LogP contribution in [0.3, 0.4) is 0 Å². The van der Waals surface area contributed by atoms with Crippen LogP contribution in [0, 0.1) is 0 Å². The highest BCUT2D eigenvalue weighted by Crippen LogP contribution is 2.44. The molecule has 4 aromatic rings. The van der Waals surface area contributed by atoms with Gasteiger partial charge in [0.15, 0.2) is 11.5 Å². The number of para-hydroxylation sites is 2. The number of carbonyl (C=O) groups excluding carboxylic acids is 1. The van der Waals surface area contributed by atoms with Crippen LogP contribution in [0.4, 0.5) is 5.95 Å². The van der Waals surface area contributed by atoms with Gasteiger partial charge in [0.25, 0.3) is 0 Å². The minimum atomic E-state index is -0.502. The van der Waals surface area contributed by atoms with Crippen LogP contribution in [0.2, 0.25) is 0 Å². The third-order valence-electron chi connectivity index (χ3n) is 5.91. The highest BCUT2D eigenvalue weighted by Gasteiger charge is 2.37. The summed E-state index contributed by atoms with van der Waals surface area (Å²) in [4.78, 5) is 18.3. The van der Waals surface area contributed by atoms with E-state index in [9.17, 15) is 4.79 Å². The van der Waals surface area contributed by atoms with E-state index in [0.717, 1.165) is 22.2 Å². The first-order valence-corrected chi connectivity index (χ1v) is 11.1. The summed E-state index contributed by atoms with van der Waals surface area (Å²) in [6.45, 7) is 2.07. The number of hydrogen-bond acceptors (Lipinski definition) is 6. The van der Waals surface area contributed by atoms with Crippen molar-refractivity contribution in [3.05, 3.63) is 89.5 Å². The summed E-state index contributed by atoms with van der Waals surface area (Å²) in [7, 11) is 3.20. The molecule has 0 unspecified atom stereocenters. The van der Waals surface area contributed by atoms with Crippen LogP contribution in [0.5, 0.6) is 11.5 Å². The molecule has 5 rings (SSSR count). The monoisotopic (exact) mass is 455 g/mol. The van der Waals surface area contributed by atoms with Crippen molar-refractivity contribution in [1.29, 1.82) is 0 Å². The van der Waals surface area contributed by atoms with Crippen LogP contribution in [-0.2, 0) is 9.53 Å². The second-order valence-electron chi connectivity index (χ2n) is 7.81. The average Bonchev–Trinajstić information content (AvgIpc) is 3.26. The SMILES string of the molecule is CCOC(=O)C1=C(c2ccccc2)Nc2nc3ccccc3n2[C@@H]1c1ccc(OC)c(OC)c1. The largest absolute Gasteiger partial charge is 0.493 e. The lowest BCUT2D eigenvalue weighted by Gasteiger charge is -2.31. The molecule has 0 aliphatic carbocycles. The fourth-order valence-corrected chi connectivity index (χ4v) is 4.43.